The zero-order chi connectivity index (χ0) is 26.7. The van der Waals surface area contributed by atoms with Crippen LogP contribution in [-0.4, -0.2) is 82.5 Å². The Morgan fingerprint density at radius 1 is 1.03 bits per heavy atom. The highest BCUT2D eigenvalue weighted by Crippen LogP contribution is 2.16. The van der Waals surface area contributed by atoms with Gasteiger partial charge in [0.25, 0.3) is 0 Å². The van der Waals surface area contributed by atoms with Crippen molar-refractivity contribution < 1.29 is 34.2 Å². The number of hydrogen-bond donors (Lipinski definition) is 7. The SMILES string of the molecule is N=C(N)N1CCC(C(=O)NCCC(=O)N[C@@H](CC(=O)O)C(=O)N[C@@H](Cc2ccccc2)C(=O)O)CC1. The Morgan fingerprint density at radius 3 is 2.22 bits per heavy atom. The molecule has 0 saturated carbocycles. The molecule has 0 aliphatic carbocycles. The third-order valence-electron chi connectivity index (χ3n) is 5.79. The molecule has 13 nitrogen and oxygen atoms in total. The van der Waals surface area contributed by atoms with Gasteiger partial charge in [0.05, 0.1) is 6.42 Å². The summed E-state index contributed by atoms with van der Waals surface area (Å²) >= 11 is 0. The van der Waals surface area contributed by atoms with E-state index in [-0.39, 0.29) is 37.2 Å². The Balaban J connectivity index is 1.85. The van der Waals surface area contributed by atoms with Crippen molar-refractivity contribution in [3.8, 4) is 0 Å². The van der Waals surface area contributed by atoms with E-state index in [0.29, 0.717) is 31.5 Å². The van der Waals surface area contributed by atoms with Crippen molar-refractivity contribution in [2.45, 2.75) is 44.2 Å². The van der Waals surface area contributed by atoms with Crippen LogP contribution in [0.15, 0.2) is 30.3 Å². The largest absolute Gasteiger partial charge is 0.481 e. The Kier molecular flexibility index (Phi) is 10.7. The van der Waals surface area contributed by atoms with Gasteiger partial charge in [-0.1, -0.05) is 30.3 Å². The maximum Gasteiger partial charge on any atom is 0.326 e. The number of guanidine groups is 1. The molecule has 0 unspecified atom stereocenters. The van der Waals surface area contributed by atoms with Crippen molar-refractivity contribution in [2.24, 2.45) is 11.7 Å². The number of carbonyl (C=O) groups is 5. The number of amides is 3. The van der Waals surface area contributed by atoms with E-state index in [2.05, 4.69) is 16.0 Å². The van der Waals surface area contributed by atoms with E-state index in [9.17, 15) is 29.1 Å². The minimum absolute atomic E-state index is 0.0208. The van der Waals surface area contributed by atoms with Gasteiger partial charge in [-0.2, -0.15) is 0 Å². The van der Waals surface area contributed by atoms with Crippen LogP contribution in [0.4, 0.5) is 0 Å². The predicted molar refractivity (Wildman–Crippen MR) is 128 cm³/mol. The fraction of sp³-hybridized carbons (Fsp3) is 0.478. The average Bonchev–Trinajstić information content (AvgIpc) is 2.83. The zero-order valence-corrected chi connectivity index (χ0v) is 19.7. The molecule has 0 bridgehead atoms. The first kappa shape index (κ1) is 28.1. The van der Waals surface area contributed by atoms with Crippen LogP contribution in [0.3, 0.4) is 0 Å². The fourth-order valence-electron chi connectivity index (χ4n) is 3.80. The van der Waals surface area contributed by atoms with Gasteiger partial charge in [0.1, 0.15) is 12.1 Å². The van der Waals surface area contributed by atoms with Gasteiger partial charge >= 0.3 is 11.9 Å². The number of piperidine rings is 1. The van der Waals surface area contributed by atoms with E-state index in [1.54, 1.807) is 35.2 Å². The summed E-state index contributed by atoms with van der Waals surface area (Å²) in [6, 6.07) is 5.78. The molecule has 2 rings (SSSR count). The number of nitrogens with one attached hydrogen (secondary N) is 4. The van der Waals surface area contributed by atoms with Gasteiger partial charge < -0.3 is 36.8 Å². The minimum Gasteiger partial charge on any atom is -0.481 e. The summed E-state index contributed by atoms with van der Waals surface area (Å²) < 4.78 is 0. The number of nitrogens with two attached hydrogens (primary N) is 1. The topological polar surface area (TPSA) is 215 Å². The molecule has 1 aromatic rings. The molecule has 1 fully saturated rings. The zero-order valence-electron chi connectivity index (χ0n) is 19.7. The number of hydrogen-bond acceptors (Lipinski definition) is 6. The highest BCUT2D eigenvalue weighted by Gasteiger charge is 2.29. The highest BCUT2D eigenvalue weighted by atomic mass is 16.4. The second-order valence-corrected chi connectivity index (χ2v) is 8.49. The number of benzene rings is 1. The molecule has 1 aliphatic rings. The Labute approximate surface area is 207 Å². The summed E-state index contributed by atoms with van der Waals surface area (Å²) in [5.41, 5.74) is 6.10. The molecule has 196 valence electrons. The van der Waals surface area contributed by atoms with Crippen LogP contribution < -0.4 is 21.7 Å². The number of carboxylic acids is 2. The smallest absolute Gasteiger partial charge is 0.326 e. The van der Waals surface area contributed by atoms with Crippen LogP contribution in [0.2, 0.25) is 0 Å². The van der Waals surface area contributed by atoms with E-state index in [1.807, 2.05) is 0 Å². The van der Waals surface area contributed by atoms with Crippen molar-refractivity contribution >= 4 is 35.6 Å². The third-order valence-corrected chi connectivity index (χ3v) is 5.79. The Morgan fingerprint density at radius 2 is 1.67 bits per heavy atom. The van der Waals surface area contributed by atoms with E-state index in [1.165, 1.54) is 0 Å². The normalized spacial score (nSPS) is 15.3. The number of aliphatic carboxylic acids is 2. The van der Waals surface area contributed by atoms with Gasteiger partial charge in [-0.3, -0.25) is 24.6 Å². The van der Waals surface area contributed by atoms with Crippen molar-refractivity contribution in [1.29, 1.82) is 5.41 Å². The molecule has 1 aliphatic heterocycles. The van der Waals surface area contributed by atoms with Crippen molar-refractivity contribution in [2.75, 3.05) is 19.6 Å². The number of nitrogens with zero attached hydrogens (tertiary/aromatic N) is 1. The lowest BCUT2D eigenvalue weighted by atomic mass is 9.96. The summed E-state index contributed by atoms with van der Waals surface area (Å²) in [6.07, 6.45) is 0.0789. The Bertz CT molecular complexity index is 963. The number of likely N-dealkylation sites (tertiary alicyclic amines) is 1. The monoisotopic (exact) mass is 504 g/mol. The molecule has 0 radical (unpaired) electrons. The summed E-state index contributed by atoms with van der Waals surface area (Å²) in [4.78, 5) is 61.8. The quantitative estimate of drug-likeness (QED) is 0.135. The Hall–Kier alpha value is -4.16. The third kappa shape index (κ3) is 9.24. The number of carbonyl (C=O) groups excluding carboxylic acids is 3. The molecule has 8 N–H and O–H groups in total. The minimum atomic E-state index is -1.49. The molecule has 13 heteroatoms. The molecule has 0 spiro atoms. The first-order chi connectivity index (χ1) is 17.1. The maximum absolute atomic E-state index is 12.6. The molecular formula is C23H32N6O7. The van der Waals surface area contributed by atoms with E-state index < -0.39 is 42.3 Å². The molecule has 2 atom stereocenters. The predicted octanol–water partition coefficient (Wildman–Crippen LogP) is -1.13. The van der Waals surface area contributed by atoms with Crippen LogP contribution in [0, 0.1) is 11.3 Å². The van der Waals surface area contributed by atoms with Crippen LogP contribution in [0.25, 0.3) is 0 Å². The average molecular weight is 505 g/mol. The van der Waals surface area contributed by atoms with Gasteiger partial charge in [-0.15, -0.1) is 0 Å². The summed E-state index contributed by atoms with van der Waals surface area (Å²) in [5.74, 6) is -4.81. The lowest BCUT2D eigenvalue weighted by Crippen LogP contribution is -2.53. The highest BCUT2D eigenvalue weighted by molar-refractivity contribution is 5.93. The van der Waals surface area contributed by atoms with Crippen molar-refractivity contribution in [1.82, 2.24) is 20.9 Å². The molecule has 1 heterocycles. The lowest BCUT2D eigenvalue weighted by molar-refractivity contribution is -0.143. The van der Waals surface area contributed by atoms with E-state index >= 15 is 0 Å². The van der Waals surface area contributed by atoms with Gasteiger partial charge in [-0.05, 0) is 18.4 Å². The molecule has 36 heavy (non-hydrogen) atoms. The molecule has 3 amide bonds. The van der Waals surface area contributed by atoms with Crippen molar-refractivity contribution in [3.63, 3.8) is 0 Å². The van der Waals surface area contributed by atoms with Gasteiger partial charge in [-0.25, -0.2) is 4.79 Å². The van der Waals surface area contributed by atoms with E-state index in [0.717, 1.165) is 0 Å². The standard InChI is InChI=1S/C23H32N6O7/c24-23(25)29-10-7-15(8-11-29)20(33)26-9-6-18(30)27-16(13-19(31)32)21(34)28-17(22(35)36)12-14-4-2-1-3-5-14/h1-5,15-17H,6-13H2,(H3,24,25)(H,26,33)(H,27,30)(H,28,34)(H,31,32)(H,35,36)/t16-,17-/m0/s1. The molecule has 1 aromatic carbocycles. The molecule has 1 saturated heterocycles. The van der Waals surface area contributed by atoms with Gasteiger partial charge in [0, 0.05) is 38.4 Å². The number of rotatable bonds is 12. The van der Waals surface area contributed by atoms with Crippen LogP contribution >= 0.6 is 0 Å². The first-order valence-corrected chi connectivity index (χ1v) is 11.5. The van der Waals surface area contributed by atoms with Gasteiger partial charge in [0.15, 0.2) is 5.96 Å². The van der Waals surface area contributed by atoms with Crippen LogP contribution in [0.5, 0.6) is 0 Å². The van der Waals surface area contributed by atoms with Crippen molar-refractivity contribution in [3.05, 3.63) is 35.9 Å². The summed E-state index contributed by atoms with van der Waals surface area (Å²) in [6.45, 7) is 0.952. The van der Waals surface area contributed by atoms with Gasteiger partial charge in [0.2, 0.25) is 17.7 Å². The molecule has 0 aromatic heterocycles. The van der Waals surface area contributed by atoms with Crippen LogP contribution in [0.1, 0.15) is 31.2 Å². The molecular weight excluding hydrogens is 472 g/mol. The summed E-state index contributed by atoms with van der Waals surface area (Å²) in [5, 5.41) is 33.3. The second-order valence-electron chi connectivity index (χ2n) is 8.49. The van der Waals surface area contributed by atoms with Crippen LogP contribution in [-0.2, 0) is 30.4 Å². The lowest BCUT2D eigenvalue weighted by Gasteiger charge is -2.31. The first-order valence-electron chi connectivity index (χ1n) is 11.5. The summed E-state index contributed by atoms with van der Waals surface area (Å²) in [7, 11) is 0. The second kappa shape index (κ2) is 13.7. The number of carboxylic acid groups (broad SMARTS) is 2. The maximum atomic E-state index is 12.6. The van der Waals surface area contributed by atoms with E-state index in [4.69, 9.17) is 16.2 Å². The fourth-order valence-corrected chi connectivity index (χ4v) is 3.80.